The van der Waals surface area contributed by atoms with Crippen LogP contribution in [0.15, 0.2) is 42.7 Å². The molecule has 0 atom stereocenters. The van der Waals surface area contributed by atoms with Crippen LogP contribution in [0.2, 0.25) is 5.02 Å². The van der Waals surface area contributed by atoms with Crippen LogP contribution in [0.3, 0.4) is 0 Å². The molecule has 3 nitrogen and oxygen atoms in total. The fourth-order valence-electron chi connectivity index (χ4n) is 1.92. The molecule has 17 heavy (non-hydrogen) atoms. The third kappa shape index (κ3) is 1.65. The summed E-state index contributed by atoms with van der Waals surface area (Å²) in [4.78, 5) is 7.48. The molecule has 0 aliphatic heterocycles. The summed E-state index contributed by atoms with van der Waals surface area (Å²) in [6.45, 7) is 0. The maximum atomic E-state index is 6.11. The Balaban J connectivity index is 2.28. The number of hydrogen-bond acceptors (Lipinski definition) is 2. The van der Waals surface area contributed by atoms with E-state index < -0.39 is 0 Å². The van der Waals surface area contributed by atoms with Crippen molar-refractivity contribution in [2.45, 2.75) is 0 Å². The summed E-state index contributed by atoms with van der Waals surface area (Å²) in [6, 6.07) is 9.41. The number of nitrogens with zero attached hydrogens (tertiary/aromatic N) is 1. The number of hydrogen-bond donors (Lipinski definition) is 2. The van der Waals surface area contributed by atoms with Crippen LogP contribution in [-0.4, -0.2) is 9.97 Å². The molecule has 0 amide bonds. The molecule has 0 saturated carbocycles. The number of anilines is 1. The second-order valence-electron chi connectivity index (χ2n) is 3.84. The Hall–Kier alpha value is -2.00. The number of fused-ring (bicyclic) bond motifs is 1. The molecule has 0 aliphatic rings. The highest BCUT2D eigenvalue weighted by atomic mass is 35.5. The van der Waals surface area contributed by atoms with Crippen molar-refractivity contribution < 1.29 is 0 Å². The van der Waals surface area contributed by atoms with E-state index in [9.17, 15) is 0 Å². The molecule has 3 aromatic rings. The number of pyridine rings is 1. The summed E-state index contributed by atoms with van der Waals surface area (Å²) in [5.41, 5.74) is 9.24. The van der Waals surface area contributed by atoms with Crippen molar-refractivity contribution >= 4 is 28.2 Å². The number of para-hydroxylation sites is 1. The minimum atomic E-state index is 0.700. The van der Waals surface area contributed by atoms with Gasteiger partial charge in [-0.3, -0.25) is 4.98 Å². The van der Waals surface area contributed by atoms with E-state index in [0.717, 1.165) is 22.2 Å². The number of rotatable bonds is 1. The minimum absolute atomic E-state index is 0.700. The largest absolute Gasteiger partial charge is 0.399 e. The predicted octanol–water partition coefficient (Wildman–Crippen LogP) is 3.47. The molecule has 3 rings (SSSR count). The van der Waals surface area contributed by atoms with Gasteiger partial charge in [0.2, 0.25) is 0 Å². The lowest BCUT2D eigenvalue weighted by atomic mass is 10.1. The Morgan fingerprint density at radius 2 is 2.12 bits per heavy atom. The Labute approximate surface area is 103 Å². The van der Waals surface area contributed by atoms with Crippen molar-refractivity contribution in [2.75, 3.05) is 5.73 Å². The van der Waals surface area contributed by atoms with Gasteiger partial charge in [0.15, 0.2) is 0 Å². The molecule has 1 aromatic carbocycles. The quantitative estimate of drug-likeness (QED) is 0.688. The van der Waals surface area contributed by atoms with Gasteiger partial charge in [-0.15, -0.1) is 0 Å². The van der Waals surface area contributed by atoms with E-state index in [1.807, 2.05) is 30.5 Å². The van der Waals surface area contributed by atoms with Gasteiger partial charge in [-0.25, -0.2) is 0 Å². The third-order valence-corrected chi connectivity index (χ3v) is 3.04. The van der Waals surface area contributed by atoms with Gasteiger partial charge >= 0.3 is 0 Å². The van der Waals surface area contributed by atoms with E-state index >= 15 is 0 Å². The number of benzene rings is 1. The average molecular weight is 244 g/mol. The fraction of sp³-hybridized carbons (Fsp3) is 0. The van der Waals surface area contributed by atoms with Crippen LogP contribution in [0, 0.1) is 0 Å². The zero-order valence-corrected chi connectivity index (χ0v) is 9.70. The summed E-state index contributed by atoms with van der Waals surface area (Å²) in [5, 5.41) is 1.76. The van der Waals surface area contributed by atoms with E-state index in [-0.39, 0.29) is 0 Å². The molecule has 0 spiro atoms. The van der Waals surface area contributed by atoms with Crippen LogP contribution in [0.25, 0.3) is 22.2 Å². The van der Waals surface area contributed by atoms with Crippen LogP contribution in [0.1, 0.15) is 0 Å². The first-order valence-electron chi connectivity index (χ1n) is 5.23. The molecular formula is C13H10ClN3. The molecule has 0 bridgehead atoms. The lowest BCUT2D eigenvalue weighted by Gasteiger charge is -2.00. The fourth-order valence-corrected chi connectivity index (χ4v) is 2.15. The number of H-pyrrole nitrogens is 1. The van der Waals surface area contributed by atoms with E-state index in [1.54, 1.807) is 12.3 Å². The highest BCUT2D eigenvalue weighted by Crippen LogP contribution is 2.31. The summed E-state index contributed by atoms with van der Waals surface area (Å²) < 4.78 is 0. The van der Waals surface area contributed by atoms with Crippen molar-refractivity contribution in [3.05, 3.63) is 47.7 Å². The van der Waals surface area contributed by atoms with Crippen LogP contribution in [0.5, 0.6) is 0 Å². The number of nitrogens with one attached hydrogen (secondary N) is 1. The van der Waals surface area contributed by atoms with Gasteiger partial charge in [0.05, 0.1) is 16.2 Å². The second-order valence-corrected chi connectivity index (χ2v) is 4.25. The Kier molecular flexibility index (Phi) is 2.27. The van der Waals surface area contributed by atoms with E-state index in [4.69, 9.17) is 17.3 Å². The average Bonchev–Trinajstić information content (AvgIpc) is 2.74. The zero-order valence-electron chi connectivity index (χ0n) is 8.94. The molecule has 4 heteroatoms. The molecular weight excluding hydrogens is 234 g/mol. The molecule has 2 heterocycles. The van der Waals surface area contributed by atoms with Crippen molar-refractivity contribution in [3.63, 3.8) is 0 Å². The van der Waals surface area contributed by atoms with Crippen molar-refractivity contribution in [2.24, 2.45) is 0 Å². The normalized spacial score (nSPS) is 10.9. The van der Waals surface area contributed by atoms with Crippen LogP contribution < -0.4 is 5.73 Å². The maximum Gasteiger partial charge on any atom is 0.0743 e. The van der Waals surface area contributed by atoms with Crippen molar-refractivity contribution in [1.82, 2.24) is 9.97 Å². The van der Waals surface area contributed by atoms with Crippen LogP contribution in [-0.2, 0) is 0 Å². The first-order chi connectivity index (χ1) is 8.25. The Bertz CT molecular complexity index is 688. The van der Waals surface area contributed by atoms with Crippen molar-refractivity contribution in [3.8, 4) is 11.3 Å². The summed E-state index contributed by atoms with van der Waals surface area (Å²) in [5.74, 6) is 0. The zero-order chi connectivity index (χ0) is 11.8. The molecule has 0 saturated heterocycles. The van der Waals surface area contributed by atoms with Gasteiger partial charge in [-0.05, 0) is 18.2 Å². The van der Waals surface area contributed by atoms with Crippen molar-refractivity contribution in [1.29, 1.82) is 0 Å². The van der Waals surface area contributed by atoms with Gasteiger partial charge in [0, 0.05) is 29.0 Å². The van der Waals surface area contributed by atoms with Gasteiger partial charge in [-0.1, -0.05) is 23.7 Å². The van der Waals surface area contributed by atoms with Gasteiger partial charge in [0.25, 0.3) is 0 Å². The van der Waals surface area contributed by atoms with E-state index in [1.165, 1.54) is 0 Å². The van der Waals surface area contributed by atoms with Gasteiger partial charge in [0.1, 0.15) is 0 Å². The molecule has 0 radical (unpaired) electrons. The second kappa shape index (κ2) is 3.79. The maximum absolute atomic E-state index is 6.11. The molecule has 0 aliphatic carbocycles. The predicted molar refractivity (Wildman–Crippen MR) is 71.0 cm³/mol. The SMILES string of the molecule is Nc1ccnc(-c2c[nH]c3c(Cl)cccc23)c1. The van der Waals surface area contributed by atoms with E-state index in [2.05, 4.69) is 9.97 Å². The number of aromatic amines is 1. The molecule has 84 valence electrons. The third-order valence-electron chi connectivity index (χ3n) is 2.72. The highest BCUT2D eigenvalue weighted by Gasteiger charge is 2.09. The molecule has 0 unspecified atom stereocenters. The standard InChI is InChI=1S/C13H10ClN3/c14-11-3-1-2-9-10(7-17-13(9)11)12-6-8(15)4-5-16-12/h1-7,17H,(H2,15,16). The minimum Gasteiger partial charge on any atom is -0.399 e. The summed E-state index contributed by atoms with van der Waals surface area (Å²) in [7, 11) is 0. The Morgan fingerprint density at radius 3 is 2.94 bits per heavy atom. The molecule has 2 aromatic heterocycles. The van der Waals surface area contributed by atoms with Crippen LogP contribution in [0.4, 0.5) is 5.69 Å². The summed E-state index contributed by atoms with van der Waals surface area (Å²) in [6.07, 6.45) is 3.60. The van der Waals surface area contributed by atoms with Crippen LogP contribution >= 0.6 is 11.6 Å². The smallest absolute Gasteiger partial charge is 0.0743 e. The first-order valence-corrected chi connectivity index (χ1v) is 5.61. The number of nitrogen functional groups attached to an aromatic ring is 1. The number of halogens is 1. The Morgan fingerprint density at radius 1 is 1.24 bits per heavy atom. The molecule has 3 N–H and O–H groups in total. The van der Waals surface area contributed by atoms with Gasteiger partial charge in [-0.2, -0.15) is 0 Å². The topological polar surface area (TPSA) is 54.7 Å². The lowest BCUT2D eigenvalue weighted by molar-refractivity contribution is 1.33. The lowest BCUT2D eigenvalue weighted by Crippen LogP contribution is -1.87. The monoisotopic (exact) mass is 243 g/mol. The number of aromatic nitrogens is 2. The molecule has 0 fully saturated rings. The highest BCUT2D eigenvalue weighted by molar-refractivity contribution is 6.35. The van der Waals surface area contributed by atoms with E-state index in [0.29, 0.717) is 10.7 Å². The summed E-state index contributed by atoms with van der Waals surface area (Å²) >= 11 is 6.11. The first kappa shape index (κ1) is 10.2. The number of nitrogens with two attached hydrogens (primary N) is 1. The van der Waals surface area contributed by atoms with Gasteiger partial charge < -0.3 is 10.7 Å².